The topological polar surface area (TPSA) is 96.5 Å². The number of hydrogen-bond donors (Lipinski definition) is 3. The molecule has 3 N–H and O–H groups in total. The maximum Gasteiger partial charge on any atom is 0.261 e. The fourth-order valence-corrected chi connectivity index (χ4v) is 4.43. The van der Waals surface area contributed by atoms with E-state index in [1.807, 2.05) is 6.92 Å². The van der Waals surface area contributed by atoms with E-state index in [4.69, 9.17) is 17.0 Å². The van der Waals surface area contributed by atoms with Crippen LogP contribution < -0.4 is 20.1 Å². The van der Waals surface area contributed by atoms with Crippen LogP contribution in [0, 0.1) is 0 Å². The van der Waals surface area contributed by atoms with Crippen molar-refractivity contribution in [1.82, 2.24) is 5.32 Å². The fraction of sp³-hybridized carbons (Fsp3) is 0.0909. The van der Waals surface area contributed by atoms with E-state index in [-0.39, 0.29) is 15.9 Å². The highest BCUT2D eigenvalue weighted by Gasteiger charge is 2.15. The maximum absolute atomic E-state index is 12.6. The van der Waals surface area contributed by atoms with Crippen molar-refractivity contribution in [3.05, 3.63) is 82.8 Å². The molecular formula is C22H20BrN3O4S2. The second-order valence-electron chi connectivity index (χ2n) is 6.48. The summed E-state index contributed by atoms with van der Waals surface area (Å²) in [6.45, 7) is 2.40. The highest BCUT2D eigenvalue weighted by Crippen LogP contribution is 2.21. The molecule has 0 aliphatic heterocycles. The van der Waals surface area contributed by atoms with Gasteiger partial charge in [0.2, 0.25) is 0 Å². The Morgan fingerprint density at radius 1 is 0.969 bits per heavy atom. The number of sulfonamides is 1. The number of anilines is 2. The first-order chi connectivity index (χ1) is 15.3. The SMILES string of the molecule is CCOc1ccc(NS(=O)(=O)c2ccc(NC(=S)NC(=O)c3ccccc3Br)cc2)cc1. The lowest BCUT2D eigenvalue weighted by Gasteiger charge is -2.12. The van der Waals surface area contributed by atoms with Gasteiger partial charge in [-0.3, -0.25) is 14.8 Å². The monoisotopic (exact) mass is 533 g/mol. The minimum Gasteiger partial charge on any atom is -0.494 e. The summed E-state index contributed by atoms with van der Waals surface area (Å²) in [5, 5.41) is 5.54. The fourth-order valence-electron chi connectivity index (χ4n) is 2.70. The van der Waals surface area contributed by atoms with Gasteiger partial charge in [-0.25, -0.2) is 8.42 Å². The molecule has 0 saturated carbocycles. The molecule has 0 heterocycles. The van der Waals surface area contributed by atoms with Crippen LogP contribution in [0.1, 0.15) is 17.3 Å². The summed E-state index contributed by atoms with van der Waals surface area (Å²) in [5.74, 6) is 0.294. The van der Waals surface area contributed by atoms with Crippen molar-refractivity contribution in [1.29, 1.82) is 0 Å². The first-order valence-corrected chi connectivity index (χ1v) is 12.2. The molecule has 0 aliphatic carbocycles. The highest BCUT2D eigenvalue weighted by atomic mass is 79.9. The molecule has 0 unspecified atom stereocenters. The Balaban J connectivity index is 1.61. The van der Waals surface area contributed by atoms with Crippen molar-refractivity contribution in [2.45, 2.75) is 11.8 Å². The predicted octanol–water partition coefficient (Wildman–Crippen LogP) is 4.78. The van der Waals surface area contributed by atoms with E-state index in [1.54, 1.807) is 60.7 Å². The molecule has 3 aromatic rings. The third kappa shape index (κ3) is 6.28. The molecule has 1 amide bonds. The Morgan fingerprint density at radius 2 is 1.59 bits per heavy atom. The number of halogens is 1. The first kappa shape index (κ1) is 23.7. The summed E-state index contributed by atoms with van der Waals surface area (Å²) < 4.78 is 33.8. The molecule has 0 saturated heterocycles. The van der Waals surface area contributed by atoms with Crippen LogP contribution in [-0.2, 0) is 10.0 Å². The van der Waals surface area contributed by atoms with E-state index >= 15 is 0 Å². The van der Waals surface area contributed by atoms with Gasteiger partial charge in [0, 0.05) is 15.8 Å². The Bertz CT molecular complexity index is 1210. The van der Waals surface area contributed by atoms with Gasteiger partial charge in [0.15, 0.2) is 5.11 Å². The Morgan fingerprint density at radius 3 is 2.22 bits per heavy atom. The van der Waals surface area contributed by atoms with Gasteiger partial charge in [0.25, 0.3) is 15.9 Å². The van der Waals surface area contributed by atoms with Gasteiger partial charge in [-0.1, -0.05) is 12.1 Å². The molecule has 0 aromatic heterocycles. The van der Waals surface area contributed by atoms with Crippen LogP contribution in [0.3, 0.4) is 0 Å². The van der Waals surface area contributed by atoms with Crippen molar-refractivity contribution in [2.75, 3.05) is 16.6 Å². The third-order valence-electron chi connectivity index (χ3n) is 4.19. The van der Waals surface area contributed by atoms with Crippen molar-refractivity contribution in [3.8, 4) is 5.75 Å². The van der Waals surface area contributed by atoms with Gasteiger partial charge in [-0.05, 0) is 95.7 Å². The van der Waals surface area contributed by atoms with E-state index in [9.17, 15) is 13.2 Å². The molecule has 10 heteroatoms. The quantitative estimate of drug-likeness (QED) is 0.378. The number of benzene rings is 3. The number of nitrogens with one attached hydrogen (secondary N) is 3. The average molecular weight is 534 g/mol. The molecule has 0 atom stereocenters. The Kier molecular flexibility index (Phi) is 7.84. The zero-order chi connectivity index (χ0) is 23.1. The van der Waals surface area contributed by atoms with Crippen molar-refractivity contribution in [3.63, 3.8) is 0 Å². The highest BCUT2D eigenvalue weighted by molar-refractivity contribution is 9.10. The predicted molar refractivity (Wildman–Crippen MR) is 133 cm³/mol. The molecule has 0 radical (unpaired) electrons. The maximum atomic E-state index is 12.6. The minimum absolute atomic E-state index is 0.0834. The van der Waals surface area contributed by atoms with Crippen molar-refractivity contribution >= 4 is 60.6 Å². The first-order valence-electron chi connectivity index (χ1n) is 9.51. The summed E-state index contributed by atoms with van der Waals surface area (Å²) in [7, 11) is -3.77. The number of ether oxygens (including phenoxy) is 1. The number of thiocarbonyl (C=S) groups is 1. The number of hydrogen-bond acceptors (Lipinski definition) is 5. The lowest BCUT2D eigenvalue weighted by Crippen LogP contribution is -2.34. The lowest BCUT2D eigenvalue weighted by atomic mass is 10.2. The average Bonchev–Trinajstić information content (AvgIpc) is 2.75. The molecule has 0 aliphatic rings. The van der Waals surface area contributed by atoms with Crippen LogP contribution in [0.4, 0.5) is 11.4 Å². The van der Waals surface area contributed by atoms with Crippen molar-refractivity contribution < 1.29 is 17.9 Å². The van der Waals surface area contributed by atoms with Crippen LogP contribution >= 0.6 is 28.1 Å². The van der Waals surface area contributed by atoms with Crippen LogP contribution in [0.25, 0.3) is 0 Å². The molecule has 3 aromatic carbocycles. The lowest BCUT2D eigenvalue weighted by molar-refractivity contribution is 0.0977. The standard InChI is InChI=1S/C22H20BrN3O4S2/c1-2-30-17-11-7-16(8-12-17)26-32(28,29)18-13-9-15(10-14-18)24-22(31)25-21(27)19-5-3-4-6-20(19)23/h3-14,26H,2H2,1H3,(H2,24,25,27,31). The smallest absolute Gasteiger partial charge is 0.261 e. The molecule has 166 valence electrons. The summed E-state index contributed by atoms with van der Waals surface area (Å²) in [5.41, 5.74) is 1.40. The third-order valence-corrected chi connectivity index (χ3v) is 6.48. The zero-order valence-corrected chi connectivity index (χ0v) is 20.2. The largest absolute Gasteiger partial charge is 0.494 e. The molecule has 32 heavy (non-hydrogen) atoms. The Hall–Kier alpha value is -2.95. The summed E-state index contributed by atoms with van der Waals surface area (Å²) in [4.78, 5) is 12.4. The van der Waals surface area contributed by atoms with Crippen molar-refractivity contribution in [2.24, 2.45) is 0 Å². The van der Waals surface area contributed by atoms with Crippen LogP contribution in [0.2, 0.25) is 0 Å². The molecule has 0 bridgehead atoms. The van der Waals surface area contributed by atoms with E-state index in [1.165, 1.54) is 12.1 Å². The van der Waals surface area contributed by atoms with Gasteiger partial charge in [-0.2, -0.15) is 0 Å². The molecule has 7 nitrogen and oxygen atoms in total. The minimum atomic E-state index is -3.77. The zero-order valence-electron chi connectivity index (χ0n) is 17.0. The molecule has 0 spiro atoms. The Labute approximate surface area is 200 Å². The number of rotatable bonds is 7. The molecular weight excluding hydrogens is 514 g/mol. The van der Waals surface area contributed by atoms with Gasteiger partial charge >= 0.3 is 0 Å². The second-order valence-corrected chi connectivity index (χ2v) is 9.42. The van der Waals surface area contributed by atoms with Crippen LogP contribution in [0.5, 0.6) is 5.75 Å². The summed E-state index contributed by atoms with van der Waals surface area (Å²) >= 11 is 8.50. The van der Waals surface area contributed by atoms with Crippen LogP contribution in [0.15, 0.2) is 82.2 Å². The van der Waals surface area contributed by atoms with E-state index in [0.717, 1.165) is 0 Å². The number of carbonyl (C=O) groups is 1. The molecule has 3 rings (SSSR count). The molecule has 0 fully saturated rings. The van der Waals surface area contributed by atoms with Gasteiger partial charge in [0.1, 0.15) is 5.75 Å². The normalized spacial score (nSPS) is 10.8. The van der Waals surface area contributed by atoms with E-state index in [0.29, 0.717) is 33.8 Å². The number of carbonyl (C=O) groups excluding carboxylic acids is 1. The summed E-state index contributed by atoms with van der Waals surface area (Å²) in [6.07, 6.45) is 0. The van der Waals surface area contributed by atoms with E-state index < -0.39 is 10.0 Å². The van der Waals surface area contributed by atoms with E-state index in [2.05, 4.69) is 31.3 Å². The van der Waals surface area contributed by atoms with Gasteiger partial charge < -0.3 is 10.1 Å². The van der Waals surface area contributed by atoms with Gasteiger partial charge in [0.05, 0.1) is 17.1 Å². The van der Waals surface area contributed by atoms with Gasteiger partial charge in [-0.15, -0.1) is 0 Å². The van der Waals surface area contributed by atoms with Crippen LogP contribution in [-0.4, -0.2) is 26.0 Å². The number of amides is 1. The second kappa shape index (κ2) is 10.6. The summed E-state index contributed by atoms with van der Waals surface area (Å²) in [6, 6.07) is 19.6.